The largest absolute Gasteiger partial charge is 0.388 e. The van der Waals surface area contributed by atoms with Gasteiger partial charge in [-0.15, -0.1) is 0 Å². The van der Waals surface area contributed by atoms with Crippen LogP contribution in [-0.2, 0) is 23.6 Å². The van der Waals surface area contributed by atoms with Gasteiger partial charge < -0.3 is 9.88 Å². The molecule has 2 aromatic rings. The average molecular weight is 294 g/mol. The second-order valence-corrected chi connectivity index (χ2v) is 6.53. The molecule has 1 heterocycles. The lowest BCUT2D eigenvalue weighted by atomic mass is 10.3. The van der Waals surface area contributed by atoms with Crippen molar-refractivity contribution in [2.24, 2.45) is 7.05 Å². The van der Waals surface area contributed by atoms with Gasteiger partial charge in [0.1, 0.15) is 5.82 Å². The molecule has 0 aliphatic heterocycles. The Kier molecular flexibility index (Phi) is 4.10. The summed E-state index contributed by atoms with van der Waals surface area (Å²) in [5, 5.41) is 2.96. The van der Waals surface area contributed by atoms with Gasteiger partial charge in [0.15, 0.2) is 0 Å². The molecule has 0 aliphatic rings. The number of nitrogens with one attached hydrogen (secondary N) is 1. The fourth-order valence-corrected chi connectivity index (χ4v) is 2.93. The molecule has 0 fully saturated rings. The topological polar surface area (TPSA) is 67.2 Å². The van der Waals surface area contributed by atoms with E-state index < -0.39 is 10.0 Å². The van der Waals surface area contributed by atoms with Gasteiger partial charge in [0, 0.05) is 39.2 Å². The molecule has 108 valence electrons. The van der Waals surface area contributed by atoms with Crippen molar-refractivity contribution >= 4 is 15.7 Å². The van der Waals surface area contributed by atoms with Crippen LogP contribution < -0.4 is 5.32 Å². The van der Waals surface area contributed by atoms with Gasteiger partial charge in [-0.1, -0.05) is 0 Å². The van der Waals surface area contributed by atoms with Crippen LogP contribution in [0.1, 0.15) is 5.82 Å². The smallest absolute Gasteiger partial charge is 0.243 e. The highest BCUT2D eigenvalue weighted by Crippen LogP contribution is 2.18. The number of anilines is 1. The number of hydrogen-bond donors (Lipinski definition) is 1. The molecule has 0 amide bonds. The Morgan fingerprint density at radius 1 is 1.30 bits per heavy atom. The van der Waals surface area contributed by atoms with Crippen LogP contribution in [0.3, 0.4) is 0 Å². The number of nitrogens with zero attached hydrogens (tertiary/aromatic N) is 3. The molecule has 0 unspecified atom stereocenters. The highest BCUT2D eigenvalue weighted by atomic mass is 32.2. The molecular weight excluding hydrogens is 276 g/mol. The zero-order valence-electron chi connectivity index (χ0n) is 11.7. The first-order valence-electron chi connectivity index (χ1n) is 6.15. The van der Waals surface area contributed by atoms with Gasteiger partial charge in [-0.2, -0.15) is 4.31 Å². The molecular formula is C13H18N4O2S. The standard InChI is InChI=1S/C13H18N4O2S/c1-14-11-4-6-12(7-5-11)20(18,19)17(3)10-13-15-8-9-16(13)2/h4-9,14H,10H2,1-3H3. The van der Waals surface area contributed by atoms with E-state index in [1.807, 2.05) is 7.05 Å². The highest BCUT2D eigenvalue weighted by molar-refractivity contribution is 7.89. The number of rotatable bonds is 5. The summed E-state index contributed by atoms with van der Waals surface area (Å²) in [5.41, 5.74) is 0.871. The van der Waals surface area contributed by atoms with Crippen molar-refractivity contribution in [1.29, 1.82) is 0 Å². The SMILES string of the molecule is CNc1ccc(S(=O)(=O)N(C)Cc2nccn2C)cc1. The third kappa shape index (κ3) is 2.83. The first-order valence-corrected chi connectivity index (χ1v) is 7.59. The number of aromatic nitrogens is 2. The van der Waals surface area contributed by atoms with Crippen molar-refractivity contribution in [3.05, 3.63) is 42.5 Å². The fourth-order valence-electron chi connectivity index (χ4n) is 1.81. The van der Waals surface area contributed by atoms with Gasteiger partial charge in [0.05, 0.1) is 11.4 Å². The van der Waals surface area contributed by atoms with Crippen LogP contribution >= 0.6 is 0 Å². The van der Waals surface area contributed by atoms with Crippen LogP contribution in [0.15, 0.2) is 41.6 Å². The average Bonchev–Trinajstić information content (AvgIpc) is 2.84. The summed E-state index contributed by atoms with van der Waals surface area (Å²) in [7, 11) is 1.67. The molecule has 1 aromatic carbocycles. The summed E-state index contributed by atoms with van der Waals surface area (Å²) in [6.45, 7) is 0.236. The van der Waals surface area contributed by atoms with Gasteiger partial charge in [-0.05, 0) is 24.3 Å². The molecule has 0 saturated carbocycles. The van der Waals surface area contributed by atoms with Crippen molar-refractivity contribution in [3.63, 3.8) is 0 Å². The number of hydrogen-bond acceptors (Lipinski definition) is 4. The van der Waals surface area contributed by atoms with E-state index in [1.165, 1.54) is 4.31 Å². The number of aryl methyl sites for hydroxylation is 1. The maximum absolute atomic E-state index is 12.4. The third-order valence-corrected chi connectivity index (χ3v) is 4.95. The molecule has 7 heteroatoms. The van der Waals surface area contributed by atoms with Crippen molar-refractivity contribution in [2.45, 2.75) is 11.4 Å². The Balaban J connectivity index is 2.22. The van der Waals surface area contributed by atoms with Crippen LogP contribution in [0, 0.1) is 0 Å². The zero-order chi connectivity index (χ0) is 14.8. The molecule has 20 heavy (non-hydrogen) atoms. The molecule has 6 nitrogen and oxygen atoms in total. The van der Waals surface area contributed by atoms with Gasteiger partial charge in [-0.25, -0.2) is 13.4 Å². The van der Waals surface area contributed by atoms with Crippen molar-refractivity contribution < 1.29 is 8.42 Å². The van der Waals surface area contributed by atoms with Gasteiger partial charge in [-0.3, -0.25) is 0 Å². The van der Waals surface area contributed by atoms with Crippen LogP contribution in [0.2, 0.25) is 0 Å². The molecule has 0 spiro atoms. The molecule has 0 radical (unpaired) electrons. The lowest BCUT2D eigenvalue weighted by Crippen LogP contribution is -2.27. The lowest BCUT2D eigenvalue weighted by Gasteiger charge is -2.17. The van der Waals surface area contributed by atoms with E-state index in [9.17, 15) is 8.42 Å². The van der Waals surface area contributed by atoms with Gasteiger partial charge in [0.25, 0.3) is 0 Å². The van der Waals surface area contributed by atoms with E-state index in [-0.39, 0.29) is 11.4 Å². The minimum atomic E-state index is -3.50. The molecule has 0 atom stereocenters. The van der Waals surface area contributed by atoms with Crippen LogP contribution in [0.5, 0.6) is 0 Å². The maximum Gasteiger partial charge on any atom is 0.243 e. The first kappa shape index (κ1) is 14.5. The summed E-state index contributed by atoms with van der Waals surface area (Å²) < 4.78 is 28.0. The number of imidazole rings is 1. The van der Waals surface area contributed by atoms with Crippen LogP contribution in [0.4, 0.5) is 5.69 Å². The second kappa shape index (κ2) is 5.64. The number of sulfonamides is 1. The van der Waals surface area contributed by atoms with Crippen LogP contribution in [-0.4, -0.2) is 36.4 Å². The Morgan fingerprint density at radius 3 is 2.45 bits per heavy atom. The molecule has 2 rings (SSSR count). The van der Waals surface area contributed by atoms with E-state index in [0.29, 0.717) is 5.82 Å². The van der Waals surface area contributed by atoms with E-state index in [1.54, 1.807) is 55.3 Å². The second-order valence-electron chi connectivity index (χ2n) is 4.49. The van der Waals surface area contributed by atoms with E-state index in [2.05, 4.69) is 10.3 Å². The quantitative estimate of drug-likeness (QED) is 0.902. The third-order valence-electron chi connectivity index (χ3n) is 3.14. The monoisotopic (exact) mass is 294 g/mol. The van der Waals surface area contributed by atoms with Crippen molar-refractivity contribution in [1.82, 2.24) is 13.9 Å². The summed E-state index contributed by atoms with van der Waals surface area (Å²) in [4.78, 5) is 4.41. The zero-order valence-corrected chi connectivity index (χ0v) is 12.6. The predicted octanol–water partition coefficient (Wildman–Crippen LogP) is 1.28. The molecule has 1 N–H and O–H groups in total. The van der Waals surface area contributed by atoms with E-state index >= 15 is 0 Å². The Hall–Kier alpha value is -1.86. The maximum atomic E-state index is 12.4. The molecule has 1 aromatic heterocycles. The summed E-state index contributed by atoms with van der Waals surface area (Å²) in [5.74, 6) is 0.697. The summed E-state index contributed by atoms with van der Waals surface area (Å²) >= 11 is 0. The lowest BCUT2D eigenvalue weighted by molar-refractivity contribution is 0.451. The van der Waals surface area contributed by atoms with Gasteiger partial charge >= 0.3 is 0 Å². The minimum Gasteiger partial charge on any atom is -0.388 e. The Morgan fingerprint density at radius 2 is 1.95 bits per heavy atom. The van der Waals surface area contributed by atoms with Crippen molar-refractivity contribution in [2.75, 3.05) is 19.4 Å². The van der Waals surface area contributed by atoms with E-state index in [0.717, 1.165) is 5.69 Å². The first-order chi connectivity index (χ1) is 9.45. The minimum absolute atomic E-state index is 0.236. The van der Waals surface area contributed by atoms with Crippen LogP contribution in [0.25, 0.3) is 0 Å². The summed E-state index contributed by atoms with van der Waals surface area (Å²) in [6, 6.07) is 6.66. The Labute approximate surface area is 119 Å². The highest BCUT2D eigenvalue weighted by Gasteiger charge is 2.21. The van der Waals surface area contributed by atoms with Gasteiger partial charge in [0.2, 0.25) is 10.0 Å². The number of benzene rings is 1. The fraction of sp³-hybridized carbons (Fsp3) is 0.308. The van der Waals surface area contributed by atoms with E-state index in [4.69, 9.17) is 0 Å². The molecule has 0 bridgehead atoms. The molecule has 0 aliphatic carbocycles. The predicted molar refractivity (Wildman–Crippen MR) is 77.8 cm³/mol. The summed E-state index contributed by atoms with van der Waals surface area (Å²) in [6.07, 6.45) is 3.44. The molecule has 0 saturated heterocycles. The Bertz CT molecular complexity index is 677. The normalized spacial score (nSPS) is 11.8. The van der Waals surface area contributed by atoms with Crippen molar-refractivity contribution in [3.8, 4) is 0 Å².